The molecule has 1 atom stereocenters. The van der Waals surface area contributed by atoms with Gasteiger partial charge in [0, 0.05) is 12.1 Å². The summed E-state index contributed by atoms with van der Waals surface area (Å²) < 4.78 is 5.29. The molecule has 2 fully saturated rings. The average molecular weight is 332 g/mol. The van der Waals surface area contributed by atoms with Gasteiger partial charge in [-0.1, -0.05) is 6.07 Å². The molecule has 6 heteroatoms. The zero-order valence-corrected chi connectivity index (χ0v) is 14.2. The van der Waals surface area contributed by atoms with Gasteiger partial charge in [-0.25, -0.2) is 4.79 Å². The molecule has 0 saturated carbocycles. The van der Waals surface area contributed by atoms with Crippen LogP contribution < -0.4 is 10.1 Å². The number of amides is 1. The number of carbonyl (C=O) groups is 2. The number of aliphatic carboxylic acids is 1. The fraction of sp³-hybridized carbons (Fsp3) is 0.556. The van der Waals surface area contributed by atoms with E-state index in [0.717, 1.165) is 31.5 Å². The number of methoxy groups -OCH3 is 1. The minimum Gasteiger partial charge on any atom is -0.496 e. The van der Waals surface area contributed by atoms with E-state index in [1.165, 1.54) is 4.90 Å². The Hall–Kier alpha value is -2.08. The van der Waals surface area contributed by atoms with Gasteiger partial charge in [-0.05, 0) is 62.4 Å². The molecule has 3 rings (SSSR count). The Balaban J connectivity index is 1.88. The molecule has 1 spiro atoms. The largest absolute Gasteiger partial charge is 0.496 e. The first-order chi connectivity index (χ1) is 11.5. The third-order valence-corrected chi connectivity index (χ3v) is 5.37. The highest BCUT2D eigenvalue weighted by Gasteiger charge is 2.49. The summed E-state index contributed by atoms with van der Waals surface area (Å²) in [5, 5.41) is 12.9. The molecule has 1 aromatic rings. The lowest BCUT2D eigenvalue weighted by atomic mass is 9.77. The fourth-order valence-electron chi connectivity index (χ4n) is 3.93. The van der Waals surface area contributed by atoms with Crippen molar-refractivity contribution in [1.82, 2.24) is 10.2 Å². The summed E-state index contributed by atoms with van der Waals surface area (Å²) >= 11 is 0. The standard InChI is InChI=1S/C18H24N2O4/c1-12-3-4-13(9-15(12)24-2)16(21)20-11-18(5-7-19-8-6-18)10-14(20)17(22)23/h3-4,9,14,19H,5-8,10-11H2,1-2H3,(H,22,23). The van der Waals surface area contributed by atoms with E-state index in [1.807, 2.05) is 13.0 Å². The second-order valence-corrected chi connectivity index (χ2v) is 6.93. The molecule has 0 radical (unpaired) electrons. The lowest BCUT2D eigenvalue weighted by Gasteiger charge is -2.33. The highest BCUT2D eigenvalue weighted by atomic mass is 16.5. The maximum absolute atomic E-state index is 13.0. The normalized spacial score (nSPS) is 22.6. The number of aryl methyl sites for hydroxylation is 1. The summed E-state index contributed by atoms with van der Waals surface area (Å²) in [5.74, 6) is -0.502. The molecule has 2 heterocycles. The monoisotopic (exact) mass is 332 g/mol. The van der Waals surface area contributed by atoms with Crippen LogP contribution >= 0.6 is 0 Å². The maximum atomic E-state index is 13.0. The summed E-state index contributed by atoms with van der Waals surface area (Å²) in [6, 6.07) is 4.53. The number of piperidine rings is 1. The van der Waals surface area contributed by atoms with Gasteiger partial charge in [0.15, 0.2) is 0 Å². The van der Waals surface area contributed by atoms with Gasteiger partial charge in [0.1, 0.15) is 11.8 Å². The van der Waals surface area contributed by atoms with Crippen LogP contribution in [0.3, 0.4) is 0 Å². The third kappa shape index (κ3) is 2.98. The Morgan fingerprint density at radius 3 is 2.67 bits per heavy atom. The summed E-state index contributed by atoms with van der Waals surface area (Å²) in [5.41, 5.74) is 1.36. The number of nitrogens with one attached hydrogen (secondary N) is 1. The lowest BCUT2D eigenvalue weighted by Crippen LogP contribution is -2.42. The predicted molar refractivity (Wildman–Crippen MR) is 89.3 cm³/mol. The van der Waals surface area contributed by atoms with Crippen molar-refractivity contribution < 1.29 is 19.4 Å². The molecule has 2 aliphatic rings. The minimum absolute atomic E-state index is 0.0707. The van der Waals surface area contributed by atoms with Crippen LogP contribution in [-0.4, -0.2) is 54.7 Å². The molecular weight excluding hydrogens is 308 g/mol. The van der Waals surface area contributed by atoms with Crippen molar-refractivity contribution in [3.63, 3.8) is 0 Å². The fourth-order valence-corrected chi connectivity index (χ4v) is 3.93. The number of benzene rings is 1. The van der Waals surface area contributed by atoms with Gasteiger partial charge in [0.2, 0.25) is 0 Å². The lowest BCUT2D eigenvalue weighted by molar-refractivity contribution is -0.141. The van der Waals surface area contributed by atoms with Gasteiger partial charge in [-0.3, -0.25) is 4.79 Å². The first kappa shape index (κ1) is 16.8. The van der Waals surface area contributed by atoms with Gasteiger partial charge < -0.3 is 20.1 Å². The molecule has 0 aliphatic carbocycles. The topological polar surface area (TPSA) is 78.9 Å². The Morgan fingerprint density at radius 2 is 2.04 bits per heavy atom. The first-order valence-corrected chi connectivity index (χ1v) is 8.35. The van der Waals surface area contributed by atoms with Gasteiger partial charge in [0.05, 0.1) is 7.11 Å². The number of rotatable bonds is 3. The van der Waals surface area contributed by atoms with Crippen LogP contribution in [0.1, 0.15) is 35.2 Å². The van der Waals surface area contributed by atoms with E-state index >= 15 is 0 Å². The zero-order valence-electron chi connectivity index (χ0n) is 14.2. The van der Waals surface area contributed by atoms with Crippen LogP contribution in [0, 0.1) is 12.3 Å². The molecule has 130 valence electrons. The van der Waals surface area contributed by atoms with E-state index in [9.17, 15) is 14.7 Å². The SMILES string of the molecule is COc1cc(C(=O)N2CC3(CCNCC3)CC2C(=O)O)ccc1C. The van der Waals surface area contributed by atoms with Crippen molar-refractivity contribution >= 4 is 11.9 Å². The molecule has 1 unspecified atom stereocenters. The van der Waals surface area contributed by atoms with E-state index in [2.05, 4.69) is 5.32 Å². The van der Waals surface area contributed by atoms with Crippen LogP contribution in [0.15, 0.2) is 18.2 Å². The molecule has 2 N–H and O–H groups in total. The second kappa shape index (κ2) is 6.43. The Labute approximate surface area is 141 Å². The summed E-state index contributed by atoms with van der Waals surface area (Å²) in [6.07, 6.45) is 2.37. The van der Waals surface area contributed by atoms with Crippen molar-refractivity contribution in [2.24, 2.45) is 5.41 Å². The van der Waals surface area contributed by atoms with Gasteiger partial charge in [-0.15, -0.1) is 0 Å². The highest BCUT2D eigenvalue weighted by Crippen LogP contribution is 2.42. The number of hydrogen-bond donors (Lipinski definition) is 2. The Bertz CT molecular complexity index is 652. The van der Waals surface area contributed by atoms with Gasteiger partial charge in [0.25, 0.3) is 5.91 Å². The van der Waals surface area contributed by atoms with E-state index in [0.29, 0.717) is 24.3 Å². The van der Waals surface area contributed by atoms with Gasteiger partial charge >= 0.3 is 5.97 Å². The Morgan fingerprint density at radius 1 is 1.33 bits per heavy atom. The first-order valence-electron chi connectivity index (χ1n) is 8.35. The second-order valence-electron chi connectivity index (χ2n) is 6.93. The molecule has 24 heavy (non-hydrogen) atoms. The van der Waals surface area contributed by atoms with E-state index in [1.54, 1.807) is 19.2 Å². The number of carboxylic acids is 1. The molecule has 2 saturated heterocycles. The van der Waals surface area contributed by atoms with Crippen LogP contribution in [0.4, 0.5) is 0 Å². The highest BCUT2D eigenvalue weighted by molar-refractivity contribution is 5.97. The minimum atomic E-state index is -0.919. The van der Waals surface area contributed by atoms with Crippen molar-refractivity contribution in [3.05, 3.63) is 29.3 Å². The van der Waals surface area contributed by atoms with Crippen molar-refractivity contribution in [3.8, 4) is 5.75 Å². The summed E-state index contributed by atoms with van der Waals surface area (Å²) in [4.78, 5) is 26.2. The van der Waals surface area contributed by atoms with Crippen molar-refractivity contribution in [2.75, 3.05) is 26.7 Å². The maximum Gasteiger partial charge on any atom is 0.326 e. The molecule has 6 nitrogen and oxygen atoms in total. The molecular formula is C18H24N2O4. The zero-order chi connectivity index (χ0) is 17.3. The number of likely N-dealkylation sites (tertiary alicyclic amines) is 1. The molecule has 1 aromatic carbocycles. The quantitative estimate of drug-likeness (QED) is 0.880. The molecule has 0 aromatic heterocycles. The molecule has 2 aliphatic heterocycles. The number of hydrogen-bond acceptors (Lipinski definition) is 4. The van der Waals surface area contributed by atoms with E-state index in [-0.39, 0.29) is 11.3 Å². The van der Waals surface area contributed by atoms with Crippen molar-refractivity contribution in [1.29, 1.82) is 0 Å². The average Bonchev–Trinajstić information content (AvgIpc) is 2.94. The smallest absolute Gasteiger partial charge is 0.326 e. The number of ether oxygens (including phenoxy) is 1. The van der Waals surface area contributed by atoms with E-state index < -0.39 is 12.0 Å². The van der Waals surface area contributed by atoms with Crippen LogP contribution in [0.2, 0.25) is 0 Å². The summed E-state index contributed by atoms with van der Waals surface area (Å²) in [6.45, 7) is 4.19. The third-order valence-electron chi connectivity index (χ3n) is 5.37. The summed E-state index contributed by atoms with van der Waals surface area (Å²) in [7, 11) is 1.57. The number of carbonyl (C=O) groups excluding carboxylic acids is 1. The number of nitrogens with zero attached hydrogens (tertiary/aromatic N) is 1. The predicted octanol–water partition coefficient (Wildman–Crippen LogP) is 1.67. The Kier molecular flexibility index (Phi) is 4.49. The molecule has 0 bridgehead atoms. The number of carboxylic acid groups (broad SMARTS) is 1. The van der Waals surface area contributed by atoms with Crippen LogP contribution in [-0.2, 0) is 4.79 Å². The van der Waals surface area contributed by atoms with Gasteiger partial charge in [-0.2, -0.15) is 0 Å². The van der Waals surface area contributed by atoms with Crippen molar-refractivity contribution in [2.45, 2.75) is 32.2 Å². The molecule has 1 amide bonds. The van der Waals surface area contributed by atoms with Crippen LogP contribution in [0.25, 0.3) is 0 Å². The van der Waals surface area contributed by atoms with E-state index in [4.69, 9.17) is 4.74 Å². The van der Waals surface area contributed by atoms with Crippen LogP contribution in [0.5, 0.6) is 5.75 Å².